The normalized spacial score (nSPS) is 14.4. The van der Waals surface area contributed by atoms with Crippen molar-refractivity contribution in [2.24, 2.45) is 7.05 Å². The molecule has 1 aliphatic rings. The van der Waals surface area contributed by atoms with Crippen molar-refractivity contribution >= 4 is 5.91 Å². The van der Waals surface area contributed by atoms with Gasteiger partial charge in [0.1, 0.15) is 0 Å². The van der Waals surface area contributed by atoms with E-state index in [-0.39, 0.29) is 11.5 Å². The highest BCUT2D eigenvalue weighted by atomic mass is 16.2. The Morgan fingerprint density at radius 2 is 1.68 bits per heavy atom. The monoisotopic (exact) mass is 296 g/mol. The summed E-state index contributed by atoms with van der Waals surface area (Å²) in [7, 11) is 1.75. The van der Waals surface area contributed by atoms with E-state index in [9.17, 15) is 9.59 Å². The minimum atomic E-state index is 0.0181. The molecule has 0 atom stereocenters. The van der Waals surface area contributed by atoms with Crippen LogP contribution in [0.1, 0.15) is 28.8 Å². The third-order valence-electron chi connectivity index (χ3n) is 4.22. The van der Waals surface area contributed by atoms with Crippen LogP contribution < -0.4 is 5.56 Å². The first-order valence-corrected chi connectivity index (χ1v) is 7.63. The number of amides is 1. The molecule has 0 aliphatic carbocycles. The highest BCUT2D eigenvalue weighted by Gasteiger charge is 2.19. The van der Waals surface area contributed by atoms with Crippen LogP contribution in [0.4, 0.5) is 0 Å². The summed E-state index contributed by atoms with van der Waals surface area (Å²) < 4.78 is 1.59. The second kappa shape index (κ2) is 5.79. The van der Waals surface area contributed by atoms with Crippen LogP contribution in [0.5, 0.6) is 0 Å². The Hall–Kier alpha value is -2.36. The number of likely N-dealkylation sites (tertiary alicyclic amines) is 1. The summed E-state index contributed by atoms with van der Waals surface area (Å²) >= 11 is 0. The van der Waals surface area contributed by atoms with Gasteiger partial charge in [0, 0.05) is 37.5 Å². The second-order valence-corrected chi connectivity index (χ2v) is 5.90. The van der Waals surface area contributed by atoms with Gasteiger partial charge in [-0.2, -0.15) is 0 Å². The quantitative estimate of drug-likeness (QED) is 0.855. The average Bonchev–Trinajstić information content (AvgIpc) is 3.06. The summed E-state index contributed by atoms with van der Waals surface area (Å²) in [6, 6.07) is 9.53. The lowest BCUT2D eigenvalue weighted by Crippen LogP contribution is -2.27. The van der Waals surface area contributed by atoms with Gasteiger partial charge in [0.25, 0.3) is 11.5 Å². The average molecular weight is 296 g/mol. The molecule has 0 spiro atoms. The maximum absolute atomic E-state index is 12.3. The predicted octanol–water partition coefficient (Wildman–Crippen LogP) is 2.60. The number of rotatable bonds is 2. The SMILES string of the molecule is Cc1cc(-c2ccc(C(=O)N3CCCC3)cc2)cn(C)c1=O. The Morgan fingerprint density at radius 1 is 1.05 bits per heavy atom. The van der Waals surface area contributed by atoms with Gasteiger partial charge in [-0.15, -0.1) is 0 Å². The minimum absolute atomic E-state index is 0.0181. The topological polar surface area (TPSA) is 42.3 Å². The molecule has 114 valence electrons. The van der Waals surface area contributed by atoms with E-state index in [4.69, 9.17) is 0 Å². The Labute approximate surface area is 130 Å². The number of hydrogen-bond acceptors (Lipinski definition) is 2. The van der Waals surface area contributed by atoms with Crippen LogP contribution in [-0.2, 0) is 7.05 Å². The molecule has 0 N–H and O–H groups in total. The van der Waals surface area contributed by atoms with Crippen molar-refractivity contribution in [2.45, 2.75) is 19.8 Å². The van der Waals surface area contributed by atoms with E-state index in [1.165, 1.54) is 0 Å². The number of aromatic nitrogens is 1. The number of carbonyl (C=O) groups is 1. The van der Waals surface area contributed by atoms with E-state index in [1.54, 1.807) is 11.6 Å². The fraction of sp³-hybridized carbons (Fsp3) is 0.333. The maximum atomic E-state index is 12.3. The molecule has 22 heavy (non-hydrogen) atoms. The number of nitrogens with zero attached hydrogens (tertiary/aromatic N) is 2. The standard InChI is InChI=1S/C18H20N2O2/c1-13-11-16(12-19(2)17(13)21)14-5-7-15(8-6-14)18(22)20-9-3-4-10-20/h5-8,11-12H,3-4,9-10H2,1-2H3. The van der Waals surface area contributed by atoms with Crippen molar-refractivity contribution in [3.05, 3.63) is 58.0 Å². The molecule has 0 radical (unpaired) electrons. The Kier molecular flexibility index (Phi) is 3.84. The zero-order valence-electron chi connectivity index (χ0n) is 13.0. The summed E-state index contributed by atoms with van der Waals surface area (Å²) in [6.45, 7) is 3.54. The van der Waals surface area contributed by atoms with Gasteiger partial charge in [-0.05, 0) is 49.1 Å². The van der Waals surface area contributed by atoms with Crippen LogP contribution in [-0.4, -0.2) is 28.5 Å². The first kappa shape index (κ1) is 14.6. The molecule has 0 saturated carbocycles. The molecular formula is C18H20N2O2. The molecule has 0 unspecified atom stereocenters. The van der Waals surface area contributed by atoms with E-state index in [2.05, 4.69) is 0 Å². The van der Waals surface area contributed by atoms with Gasteiger partial charge in [-0.3, -0.25) is 9.59 Å². The van der Waals surface area contributed by atoms with Crippen LogP contribution in [0.3, 0.4) is 0 Å². The lowest BCUT2D eigenvalue weighted by Gasteiger charge is -2.15. The van der Waals surface area contributed by atoms with Crippen molar-refractivity contribution in [1.82, 2.24) is 9.47 Å². The third kappa shape index (κ3) is 2.69. The number of aryl methyl sites for hydroxylation is 2. The van der Waals surface area contributed by atoms with Crippen LogP contribution in [0.15, 0.2) is 41.3 Å². The van der Waals surface area contributed by atoms with Gasteiger partial charge < -0.3 is 9.47 Å². The lowest BCUT2D eigenvalue weighted by atomic mass is 10.0. The molecule has 2 aromatic rings. The number of carbonyl (C=O) groups excluding carboxylic acids is 1. The maximum Gasteiger partial charge on any atom is 0.253 e. The molecule has 1 amide bonds. The number of benzene rings is 1. The number of hydrogen-bond donors (Lipinski definition) is 0. The first-order chi connectivity index (χ1) is 10.6. The fourth-order valence-corrected chi connectivity index (χ4v) is 2.94. The molecule has 3 rings (SSSR count). The zero-order valence-corrected chi connectivity index (χ0v) is 13.0. The molecule has 4 heteroatoms. The largest absolute Gasteiger partial charge is 0.339 e. The van der Waals surface area contributed by atoms with Gasteiger partial charge in [0.05, 0.1) is 0 Å². The van der Waals surface area contributed by atoms with Gasteiger partial charge in [-0.1, -0.05) is 12.1 Å². The van der Waals surface area contributed by atoms with Gasteiger partial charge in [0.15, 0.2) is 0 Å². The highest BCUT2D eigenvalue weighted by Crippen LogP contribution is 2.21. The third-order valence-corrected chi connectivity index (χ3v) is 4.22. The van der Waals surface area contributed by atoms with Crippen LogP contribution in [0.2, 0.25) is 0 Å². The van der Waals surface area contributed by atoms with Gasteiger partial charge in [0.2, 0.25) is 0 Å². The molecule has 4 nitrogen and oxygen atoms in total. The summed E-state index contributed by atoms with van der Waals surface area (Å²) in [5.74, 6) is 0.112. The Bertz CT molecular complexity index is 727. The summed E-state index contributed by atoms with van der Waals surface area (Å²) in [5, 5.41) is 0. The van der Waals surface area contributed by atoms with Crippen molar-refractivity contribution in [3.63, 3.8) is 0 Å². The van der Waals surface area contributed by atoms with E-state index in [1.807, 2.05) is 48.4 Å². The van der Waals surface area contributed by atoms with Crippen LogP contribution >= 0.6 is 0 Å². The van der Waals surface area contributed by atoms with Crippen molar-refractivity contribution in [3.8, 4) is 11.1 Å². The first-order valence-electron chi connectivity index (χ1n) is 7.63. The van der Waals surface area contributed by atoms with Crippen molar-refractivity contribution in [2.75, 3.05) is 13.1 Å². The molecule has 1 aliphatic heterocycles. The zero-order chi connectivity index (χ0) is 15.7. The van der Waals surface area contributed by atoms with E-state index in [0.29, 0.717) is 0 Å². The molecule has 0 bridgehead atoms. The molecule has 1 fully saturated rings. The van der Waals surface area contributed by atoms with Crippen molar-refractivity contribution < 1.29 is 4.79 Å². The summed E-state index contributed by atoms with van der Waals surface area (Å²) in [6.07, 6.45) is 4.02. The van der Waals surface area contributed by atoms with E-state index < -0.39 is 0 Å². The fourth-order valence-electron chi connectivity index (χ4n) is 2.94. The smallest absolute Gasteiger partial charge is 0.253 e. The van der Waals surface area contributed by atoms with Crippen LogP contribution in [0, 0.1) is 6.92 Å². The summed E-state index contributed by atoms with van der Waals surface area (Å²) in [5.41, 5.74) is 3.46. The molecule has 1 saturated heterocycles. The molecular weight excluding hydrogens is 276 g/mol. The Morgan fingerprint density at radius 3 is 2.27 bits per heavy atom. The van der Waals surface area contributed by atoms with Gasteiger partial charge >= 0.3 is 0 Å². The lowest BCUT2D eigenvalue weighted by molar-refractivity contribution is 0.0793. The van der Waals surface area contributed by atoms with Crippen LogP contribution in [0.25, 0.3) is 11.1 Å². The van der Waals surface area contributed by atoms with E-state index in [0.717, 1.165) is 48.2 Å². The van der Waals surface area contributed by atoms with Crippen molar-refractivity contribution in [1.29, 1.82) is 0 Å². The highest BCUT2D eigenvalue weighted by molar-refractivity contribution is 5.94. The van der Waals surface area contributed by atoms with E-state index >= 15 is 0 Å². The summed E-state index contributed by atoms with van der Waals surface area (Å²) in [4.78, 5) is 26.0. The number of pyridine rings is 1. The Balaban J connectivity index is 1.88. The predicted molar refractivity (Wildman–Crippen MR) is 87.0 cm³/mol. The second-order valence-electron chi connectivity index (χ2n) is 5.90. The molecule has 1 aromatic heterocycles. The van der Waals surface area contributed by atoms with Gasteiger partial charge in [-0.25, -0.2) is 0 Å². The molecule has 2 heterocycles. The molecule has 1 aromatic carbocycles. The minimum Gasteiger partial charge on any atom is -0.339 e.